The van der Waals surface area contributed by atoms with Gasteiger partial charge in [0, 0.05) is 38.3 Å². The quantitative estimate of drug-likeness (QED) is 0.580. The molecular formula is C25H30N6O3. The fourth-order valence-electron chi connectivity index (χ4n) is 3.87. The number of nitrogens with one attached hydrogen (secondary N) is 1. The molecule has 1 N–H and O–H groups in total. The Kier molecular flexibility index (Phi) is 7.41. The maximum absolute atomic E-state index is 12.9. The van der Waals surface area contributed by atoms with Crippen LogP contribution in [0.4, 0.5) is 10.6 Å². The summed E-state index contributed by atoms with van der Waals surface area (Å²) < 4.78 is 5.36. The monoisotopic (exact) mass is 462 g/mol. The van der Waals surface area contributed by atoms with E-state index >= 15 is 0 Å². The SMILES string of the molecule is CCNC(=O)N(CC(=O)N1CCN(c2ccc(-c3ccc(C)cc3)nn2)CC1)Cc1ccco1. The van der Waals surface area contributed by atoms with E-state index in [1.807, 2.05) is 31.2 Å². The minimum atomic E-state index is -0.283. The van der Waals surface area contributed by atoms with Crippen LogP contribution in [0.1, 0.15) is 18.2 Å². The number of benzene rings is 1. The summed E-state index contributed by atoms with van der Waals surface area (Å²) in [5, 5.41) is 11.6. The van der Waals surface area contributed by atoms with E-state index in [9.17, 15) is 9.59 Å². The van der Waals surface area contributed by atoms with Crippen molar-refractivity contribution in [2.45, 2.75) is 20.4 Å². The zero-order valence-electron chi connectivity index (χ0n) is 19.6. The Labute approximate surface area is 199 Å². The van der Waals surface area contributed by atoms with Gasteiger partial charge in [-0.05, 0) is 38.1 Å². The van der Waals surface area contributed by atoms with E-state index in [2.05, 4.69) is 39.5 Å². The first-order chi connectivity index (χ1) is 16.5. The fraction of sp³-hybridized carbons (Fsp3) is 0.360. The smallest absolute Gasteiger partial charge is 0.318 e. The number of nitrogens with zero attached hydrogens (tertiary/aromatic N) is 5. The summed E-state index contributed by atoms with van der Waals surface area (Å²) in [6.07, 6.45) is 1.56. The molecule has 1 saturated heterocycles. The van der Waals surface area contributed by atoms with Gasteiger partial charge in [0.05, 0.1) is 18.5 Å². The number of rotatable bonds is 7. The van der Waals surface area contributed by atoms with E-state index in [-0.39, 0.29) is 25.0 Å². The van der Waals surface area contributed by atoms with Gasteiger partial charge in [0.15, 0.2) is 5.82 Å². The van der Waals surface area contributed by atoms with Crippen molar-refractivity contribution in [2.24, 2.45) is 0 Å². The molecule has 1 aliphatic rings. The minimum Gasteiger partial charge on any atom is -0.467 e. The summed E-state index contributed by atoms with van der Waals surface area (Å²) in [7, 11) is 0. The number of piperazine rings is 1. The van der Waals surface area contributed by atoms with Gasteiger partial charge >= 0.3 is 6.03 Å². The molecular weight excluding hydrogens is 432 g/mol. The Morgan fingerprint density at radius 3 is 2.41 bits per heavy atom. The Balaban J connectivity index is 1.32. The van der Waals surface area contributed by atoms with Crippen LogP contribution in [0.3, 0.4) is 0 Å². The molecule has 0 aliphatic carbocycles. The molecule has 1 aliphatic heterocycles. The molecule has 3 heterocycles. The number of aryl methyl sites for hydroxylation is 1. The van der Waals surface area contributed by atoms with Gasteiger partial charge in [0.25, 0.3) is 0 Å². The molecule has 3 aromatic rings. The van der Waals surface area contributed by atoms with Gasteiger partial charge < -0.3 is 24.4 Å². The average molecular weight is 463 g/mol. The van der Waals surface area contributed by atoms with Crippen LogP contribution < -0.4 is 10.2 Å². The van der Waals surface area contributed by atoms with Crippen LogP contribution in [0.5, 0.6) is 0 Å². The van der Waals surface area contributed by atoms with E-state index in [0.717, 1.165) is 17.1 Å². The standard InChI is InChI=1S/C25H30N6O3/c1-3-26-25(33)31(17-21-5-4-16-34-21)18-24(32)30-14-12-29(13-15-30)23-11-10-22(27-28-23)20-8-6-19(2)7-9-20/h4-11,16H,3,12-15,17-18H2,1-2H3,(H,26,33). The molecule has 1 fully saturated rings. The second-order valence-electron chi connectivity index (χ2n) is 8.28. The lowest BCUT2D eigenvalue weighted by molar-refractivity contribution is -0.132. The van der Waals surface area contributed by atoms with Crippen LogP contribution in [0.25, 0.3) is 11.3 Å². The number of hydrogen-bond acceptors (Lipinski definition) is 6. The van der Waals surface area contributed by atoms with Gasteiger partial charge in [-0.3, -0.25) is 4.79 Å². The fourth-order valence-corrected chi connectivity index (χ4v) is 3.87. The molecule has 9 heteroatoms. The van der Waals surface area contributed by atoms with Crippen LogP contribution in [-0.2, 0) is 11.3 Å². The minimum absolute atomic E-state index is 0.00240. The lowest BCUT2D eigenvalue weighted by atomic mass is 10.1. The first kappa shape index (κ1) is 23.3. The number of anilines is 1. The van der Waals surface area contributed by atoms with E-state index in [0.29, 0.717) is 38.5 Å². The zero-order valence-corrected chi connectivity index (χ0v) is 19.6. The molecule has 0 radical (unpaired) electrons. The van der Waals surface area contributed by atoms with E-state index < -0.39 is 0 Å². The highest BCUT2D eigenvalue weighted by molar-refractivity contribution is 5.84. The van der Waals surface area contributed by atoms with Crippen LogP contribution in [0.2, 0.25) is 0 Å². The van der Waals surface area contributed by atoms with Gasteiger partial charge in [-0.2, -0.15) is 0 Å². The highest BCUT2D eigenvalue weighted by Crippen LogP contribution is 2.20. The molecule has 4 rings (SSSR count). The van der Waals surface area contributed by atoms with E-state index in [1.54, 1.807) is 23.3 Å². The Morgan fingerprint density at radius 1 is 1.03 bits per heavy atom. The van der Waals surface area contributed by atoms with Gasteiger partial charge in [0.2, 0.25) is 5.91 Å². The molecule has 9 nitrogen and oxygen atoms in total. The molecule has 0 atom stereocenters. The third kappa shape index (κ3) is 5.72. The second kappa shape index (κ2) is 10.8. The molecule has 34 heavy (non-hydrogen) atoms. The van der Waals surface area contributed by atoms with Crippen molar-refractivity contribution in [2.75, 3.05) is 44.2 Å². The zero-order chi connectivity index (χ0) is 23.9. The Bertz CT molecular complexity index is 1070. The van der Waals surface area contributed by atoms with Crippen LogP contribution >= 0.6 is 0 Å². The van der Waals surface area contributed by atoms with Crippen molar-refractivity contribution in [3.8, 4) is 11.3 Å². The summed E-state index contributed by atoms with van der Waals surface area (Å²) in [5.41, 5.74) is 3.07. The molecule has 3 amide bonds. The number of hydrogen-bond donors (Lipinski definition) is 1. The van der Waals surface area contributed by atoms with Gasteiger partial charge in [0.1, 0.15) is 12.3 Å². The normalized spacial score (nSPS) is 13.6. The summed E-state index contributed by atoms with van der Waals surface area (Å²) in [6, 6.07) is 15.4. The first-order valence-corrected chi connectivity index (χ1v) is 11.5. The third-order valence-electron chi connectivity index (χ3n) is 5.82. The number of amides is 3. The van der Waals surface area contributed by atoms with Crippen LogP contribution in [0.15, 0.2) is 59.2 Å². The number of carbonyl (C=O) groups excluding carboxylic acids is 2. The van der Waals surface area contributed by atoms with Crippen LogP contribution in [0, 0.1) is 6.92 Å². The molecule has 0 saturated carbocycles. The molecule has 2 aromatic heterocycles. The van der Waals surface area contributed by atoms with Gasteiger partial charge in [-0.1, -0.05) is 29.8 Å². The number of aromatic nitrogens is 2. The van der Waals surface area contributed by atoms with Gasteiger partial charge in [-0.15, -0.1) is 10.2 Å². The molecule has 178 valence electrons. The number of urea groups is 1. The largest absolute Gasteiger partial charge is 0.467 e. The van der Waals surface area contributed by atoms with Crippen molar-refractivity contribution >= 4 is 17.8 Å². The average Bonchev–Trinajstić information content (AvgIpc) is 3.38. The lowest BCUT2D eigenvalue weighted by Gasteiger charge is -2.36. The third-order valence-corrected chi connectivity index (χ3v) is 5.82. The molecule has 0 bridgehead atoms. The summed E-state index contributed by atoms with van der Waals surface area (Å²) in [5.74, 6) is 1.35. The summed E-state index contributed by atoms with van der Waals surface area (Å²) >= 11 is 0. The Morgan fingerprint density at radius 2 is 1.79 bits per heavy atom. The lowest BCUT2D eigenvalue weighted by Crippen LogP contribution is -2.52. The first-order valence-electron chi connectivity index (χ1n) is 11.5. The second-order valence-corrected chi connectivity index (χ2v) is 8.28. The van der Waals surface area contributed by atoms with Gasteiger partial charge in [-0.25, -0.2) is 4.79 Å². The summed E-state index contributed by atoms with van der Waals surface area (Å²) in [4.78, 5) is 30.8. The van der Waals surface area contributed by atoms with Crippen molar-refractivity contribution < 1.29 is 14.0 Å². The van der Waals surface area contributed by atoms with E-state index in [4.69, 9.17) is 4.42 Å². The topological polar surface area (TPSA) is 94.8 Å². The van der Waals surface area contributed by atoms with Crippen molar-refractivity contribution in [3.63, 3.8) is 0 Å². The molecule has 0 unspecified atom stereocenters. The summed E-state index contributed by atoms with van der Waals surface area (Å²) in [6.45, 7) is 7.07. The number of carbonyl (C=O) groups is 2. The molecule has 1 aromatic carbocycles. The van der Waals surface area contributed by atoms with Crippen molar-refractivity contribution in [1.29, 1.82) is 0 Å². The van der Waals surface area contributed by atoms with Crippen LogP contribution in [-0.4, -0.2) is 71.2 Å². The van der Waals surface area contributed by atoms with E-state index in [1.165, 1.54) is 10.5 Å². The predicted octanol–water partition coefficient (Wildman–Crippen LogP) is 2.93. The highest BCUT2D eigenvalue weighted by Gasteiger charge is 2.26. The van der Waals surface area contributed by atoms with Crippen molar-refractivity contribution in [3.05, 3.63) is 66.1 Å². The highest BCUT2D eigenvalue weighted by atomic mass is 16.3. The maximum atomic E-state index is 12.9. The predicted molar refractivity (Wildman–Crippen MR) is 129 cm³/mol. The maximum Gasteiger partial charge on any atom is 0.318 e. The Hall–Kier alpha value is -3.88. The van der Waals surface area contributed by atoms with Crippen molar-refractivity contribution in [1.82, 2.24) is 25.3 Å². The molecule has 0 spiro atoms. The number of furan rings is 1.